The summed E-state index contributed by atoms with van der Waals surface area (Å²) in [6.07, 6.45) is 0.584. The molecule has 4 N–H and O–H groups in total. The number of methoxy groups -OCH3 is 1. The molecule has 7 rings (SSSR count). The Balaban J connectivity index is 0.984. The maximum absolute atomic E-state index is 13.8. The van der Waals surface area contributed by atoms with E-state index in [1.54, 1.807) is 19.2 Å². The van der Waals surface area contributed by atoms with Crippen LogP contribution < -0.4 is 20.7 Å². The van der Waals surface area contributed by atoms with E-state index in [0.717, 1.165) is 44.7 Å². The van der Waals surface area contributed by atoms with Crippen LogP contribution >= 0.6 is 0 Å². The van der Waals surface area contributed by atoms with Crippen LogP contribution in [0.25, 0.3) is 11.1 Å². The summed E-state index contributed by atoms with van der Waals surface area (Å²) < 4.78 is 25.0. The molecule has 2 unspecified atom stereocenters. The number of benzene rings is 6. The van der Waals surface area contributed by atoms with Crippen molar-refractivity contribution in [1.82, 2.24) is 16.0 Å². The van der Waals surface area contributed by atoms with E-state index < -0.39 is 41.4 Å². The fraction of sp³-hybridized carbons (Fsp3) is 0.235. The first-order chi connectivity index (χ1) is 29.7. The number of nitrogens with one attached hydrogen (secondary N) is 3. The number of carbonyl (C=O) groups is 3. The van der Waals surface area contributed by atoms with Gasteiger partial charge in [-0.2, -0.15) is 0 Å². The number of hydrogen-bond donors (Lipinski definition) is 4. The Morgan fingerprint density at radius 1 is 0.689 bits per heavy atom. The lowest BCUT2D eigenvalue weighted by atomic mass is 9.77. The molecule has 0 saturated carbocycles. The summed E-state index contributed by atoms with van der Waals surface area (Å²) in [6, 6.07) is 48.3. The largest absolute Gasteiger partial charge is 0.497 e. The summed E-state index contributed by atoms with van der Waals surface area (Å²) in [5.41, 5.74) is 7.42. The van der Waals surface area contributed by atoms with Gasteiger partial charge in [-0.25, -0.2) is 14.0 Å². The van der Waals surface area contributed by atoms with E-state index in [4.69, 9.17) is 9.47 Å². The normalized spacial score (nSPS) is 13.0. The van der Waals surface area contributed by atoms with Gasteiger partial charge in [0.1, 0.15) is 24.2 Å². The lowest BCUT2D eigenvalue weighted by molar-refractivity contribution is -0.142. The second-order valence-electron chi connectivity index (χ2n) is 15.3. The first-order valence-electron chi connectivity index (χ1n) is 20.6. The molecule has 1 aliphatic carbocycles. The zero-order chi connectivity index (χ0) is 42.6. The van der Waals surface area contributed by atoms with E-state index in [-0.39, 0.29) is 31.8 Å². The van der Waals surface area contributed by atoms with Gasteiger partial charge in [0.05, 0.1) is 12.6 Å². The third kappa shape index (κ3) is 10.2. The molecular weight excluding hydrogens is 770 g/mol. The van der Waals surface area contributed by atoms with Crippen LogP contribution in [0.15, 0.2) is 158 Å². The van der Waals surface area contributed by atoms with Crippen LogP contribution in [0.3, 0.4) is 0 Å². The standard InChI is InChI=1S/C51H50FN3O6/c1-60-41-29-25-38(26-30-41)51(36-14-4-2-5-15-36,37-16-6-3-7-17-37)53-31-13-12-22-47(49(57)58)55-48(56)33-40(32-35-23-27-39(52)28-24-35)54-50(59)61-34-46-44-20-10-8-18-42(44)43-19-9-11-21-45(43)46/h2-11,14-21,23-30,40,46-47,53H,12-13,22,31-34H2,1H3,(H,54,59)(H,55,56)(H,57,58). The van der Waals surface area contributed by atoms with Crippen LogP contribution in [0, 0.1) is 5.82 Å². The molecule has 2 amide bonds. The predicted octanol–water partition coefficient (Wildman–Crippen LogP) is 9.00. The number of halogens is 1. The number of alkyl carbamates (subject to hydrolysis) is 1. The smallest absolute Gasteiger partial charge is 0.407 e. The summed E-state index contributed by atoms with van der Waals surface area (Å²) in [7, 11) is 1.64. The zero-order valence-corrected chi connectivity index (χ0v) is 34.1. The summed E-state index contributed by atoms with van der Waals surface area (Å²) in [6.45, 7) is 0.628. The van der Waals surface area contributed by atoms with Gasteiger partial charge in [-0.3, -0.25) is 10.1 Å². The number of fused-ring (bicyclic) bond motifs is 3. The molecule has 10 heteroatoms. The minimum atomic E-state index is -1.15. The van der Waals surface area contributed by atoms with Crippen LogP contribution in [-0.4, -0.2) is 55.4 Å². The van der Waals surface area contributed by atoms with Gasteiger partial charge in [0.2, 0.25) is 5.91 Å². The van der Waals surface area contributed by atoms with Gasteiger partial charge < -0.3 is 25.2 Å². The second-order valence-corrected chi connectivity index (χ2v) is 15.3. The lowest BCUT2D eigenvalue weighted by Crippen LogP contribution is -2.46. The van der Waals surface area contributed by atoms with Crippen molar-refractivity contribution >= 4 is 18.0 Å². The van der Waals surface area contributed by atoms with Crippen molar-refractivity contribution in [2.45, 2.75) is 55.6 Å². The molecular formula is C51H50FN3O6. The fourth-order valence-electron chi connectivity index (χ4n) is 8.39. The maximum Gasteiger partial charge on any atom is 0.407 e. The molecule has 61 heavy (non-hydrogen) atoms. The molecule has 0 spiro atoms. The zero-order valence-electron chi connectivity index (χ0n) is 34.1. The molecule has 0 bridgehead atoms. The van der Waals surface area contributed by atoms with E-state index in [1.165, 1.54) is 12.1 Å². The van der Waals surface area contributed by atoms with E-state index in [1.807, 2.05) is 97.1 Å². The Bertz CT molecular complexity index is 2310. The highest BCUT2D eigenvalue weighted by atomic mass is 19.1. The third-order valence-corrected chi connectivity index (χ3v) is 11.4. The number of carboxylic acid groups (broad SMARTS) is 1. The topological polar surface area (TPSA) is 126 Å². The molecule has 312 valence electrons. The van der Waals surface area contributed by atoms with Crippen molar-refractivity contribution < 1.29 is 33.4 Å². The van der Waals surface area contributed by atoms with Crippen molar-refractivity contribution in [3.05, 3.63) is 197 Å². The minimum Gasteiger partial charge on any atom is -0.497 e. The number of aliphatic carboxylic acids is 1. The van der Waals surface area contributed by atoms with Crippen molar-refractivity contribution in [1.29, 1.82) is 0 Å². The number of amides is 2. The number of ether oxygens (including phenoxy) is 2. The number of carbonyl (C=O) groups excluding carboxylic acids is 2. The Labute approximate surface area is 356 Å². The summed E-state index contributed by atoms with van der Waals surface area (Å²) in [4.78, 5) is 39.3. The van der Waals surface area contributed by atoms with Crippen LogP contribution in [0.4, 0.5) is 9.18 Å². The number of carboxylic acids is 1. The SMILES string of the molecule is COc1ccc(C(NCCCCC(NC(=O)CC(Cc2ccc(F)cc2)NC(=O)OCC2c3ccccc3-c3ccccc32)C(=O)O)(c2ccccc2)c2ccccc2)cc1. The first-order valence-corrected chi connectivity index (χ1v) is 20.6. The van der Waals surface area contributed by atoms with Gasteiger partial charge in [-0.05, 0) is 101 Å². The van der Waals surface area contributed by atoms with Gasteiger partial charge in [-0.1, -0.05) is 133 Å². The predicted molar refractivity (Wildman–Crippen MR) is 234 cm³/mol. The van der Waals surface area contributed by atoms with E-state index in [0.29, 0.717) is 24.9 Å². The molecule has 0 fully saturated rings. The van der Waals surface area contributed by atoms with Crippen molar-refractivity contribution in [3.8, 4) is 16.9 Å². The van der Waals surface area contributed by atoms with Crippen LogP contribution in [0.2, 0.25) is 0 Å². The van der Waals surface area contributed by atoms with E-state index >= 15 is 0 Å². The average molecular weight is 820 g/mol. The molecule has 9 nitrogen and oxygen atoms in total. The number of unbranched alkanes of at least 4 members (excludes halogenated alkanes) is 1. The van der Waals surface area contributed by atoms with Gasteiger partial charge >= 0.3 is 12.1 Å². The monoisotopic (exact) mass is 819 g/mol. The van der Waals surface area contributed by atoms with Crippen LogP contribution in [-0.2, 0) is 26.3 Å². The Hall–Kier alpha value is -6.78. The molecule has 0 heterocycles. The Morgan fingerprint density at radius 2 is 1.25 bits per heavy atom. The Morgan fingerprint density at radius 3 is 1.82 bits per heavy atom. The molecule has 1 aliphatic rings. The lowest BCUT2D eigenvalue weighted by Gasteiger charge is -2.37. The average Bonchev–Trinajstić information content (AvgIpc) is 3.61. The quantitative estimate of drug-likeness (QED) is 0.0475. The molecule has 0 saturated heterocycles. The summed E-state index contributed by atoms with van der Waals surface area (Å²) >= 11 is 0. The van der Waals surface area contributed by atoms with Crippen LogP contribution in [0.5, 0.6) is 5.75 Å². The highest BCUT2D eigenvalue weighted by molar-refractivity contribution is 5.84. The third-order valence-electron chi connectivity index (χ3n) is 11.4. The van der Waals surface area contributed by atoms with Crippen LogP contribution in [0.1, 0.15) is 65.0 Å². The van der Waals surface area contributed by atoms with Crippen molar-refractivity contribution in [2.75, 3.05) is 20.3 Å². The highest BCUT2D eigenvalue weighted by Gasteiger charge is 2.36. The summed E-state index contributed by atoms with van der Waals surface area (Å²) in [5.74, 6) is -1.51. The molecule has 0 aromatic heterocycles. The second kappa shape index (κ2) is 20.0. The Kier molecular flexibility index (Phi) is 13.9. The molecule has 6 aromatic carbocycles. The van der Waals surface area contributed by atoms with Gasteiger partial charge in [0.15, 0.2) is 0 Å². The van der Waals surface area contributed by atoms with Crippen molar-refractivity contribution in [3.63, 3.8) is 0 Å². The van der Waals surface area contributed by atoms with E-state index in [9.17, 15) is 23.9 Å². The van der Waals surface area contributed by atoms with Gasteiger partial charge in [-0.15, -0.1) is 0 Å². The number of hydrogen-bond acceptors (Lipinski definition) is 6. The summed E-state index contributed by atoms with van der Waals surface area (Å²) in [5, 5.41) is 19.5. The first kappa shape index (κ1) is 42.3. The van der Waals surface area contributed by atoms with E-state index in [2.05, 4.69) is 52.3 Å². The maximum atomic E-state index is 13.8. The molecule has 2 atom stereocenters. The van der Waals surface area contributed by atoms with Gasteiger partial charge in [0, 0.05) is 18.4 Å². The number of rotatable bonds is 19. The molecule has 6 aromatic rings. The minimum absolute atomic E-state index is 0.0865. The molecule has 0 radical (unpaired) electrons. The van der Waals surface area contributed by atoms with Gasteiger partial charge in [0.25, 0.3) is 0 Å². The van der Waals surface area contributed by atoms with Crippen molar-refractivity contribution in [2.24, 2.45) is 0 Å². The fourth-order valence-corrected chi connectivity index (χ4v) is 8.39. The molecule has 0 aliphatic heterocycles. The highest BCUT2D eigenvalue weighted by Crippen LogP contribution is 2.44.